The van der Waals surface area contributed by atoms with Crippen LogP contribution < -0.4 is 5.73 Å². The Morgan fingerprint density at radius 2 is 2.19 bits per heavy atom. The molecule has 0 bridgehead atoms. The molecule has 0 aliphatic carbocycles. The molecular formula is C19H27N5O2. The van der Waals surface area contributed by atoms with Crippen molar-refractivity contribution in [3.05, 3.63) is 35.4 Å². The summed E-state index contributed by atoms with van der Waals surface area (Å²) in [6, 6.07) is 9.25. The van der Waals surface area contributed by atoms with E-state index in [0.29, 0.717) is 12.1 Å². The minimum Gasteiger partial charge on any atom is -0.331 e. The van der Waals surface area contributed by atoms with Gasteiger partial charge in [-0.1, -0.05) is 18.2 Å². The summed E-state index contributed by atoms with van der Waals surface area (Å²) in [5, 5.41) is 9.36. The molecule has 7 nitrogen and oxygen atoms in total. The van der Waals surface area contributed by atoms with Gasteiger partial charge in [0.15, 0.2) is 0 Å². The lowest BCUT2D eigenvalue weighted by Crippen LogP contribution is -2.57. The van der Waals surface area contributed by atoms with Gasteiger partial charge in [-0.3, -0.25) is 4.90 Å². The van der Waals surface area contributed by atoms with Crippen LogP contribution in [0.1, 0.15) is 30.4 Å². The van der Waals surface area contributed by atoms with Gasteiger partial charge >= 0.3 is 6.03 Å². The van der Waals surface area contributed by atoms with Gasteiger partial charge in [-0.2, -0.15) is 5.26 Å². The Balaban J connectivity index is 2.35. The van der Waals surface area contributed by atoms with E-state index in [4.69, 9.17) is 5.73 Å². The molecule has 1 fully saturated rings. The van der Waals surface area contributed by atoms with Crippen LogP contribution >= 0.6 is 0 Å². The fourth-order valence-corrected chi connectivity index (χ4v) is 3.38. The first-order chi connectivity index (χ1) is 12.5. The van der Waals surface area contributed by atoms with Crippen LogP contribution in [0, 0.1) is 11.3 Å². The quantitative estimate of drug-likeness (QED) is 0.776. The highest BCUT2D eigenvalue weighted by atomic mass is 16.2. The lowest BCUT2D eigenvalue weighted by Gasteiger charge is -2.43. The van der Waals surface area contributed by atoms with Crippen LogP contribution in [0.3, 0.4) is 0 Å². The number of amides is 2. The predicted molar refractivity (Wildman–Crippen MR) is 99.0 cm³/mol. The van der Waals surface area contributed by atoms with Gasteiger partial charge in [0.05, 0.1) is 24.3 Å². The molecule has 1 aromatic carbocycles. The summed E-state index contributed by atoms with van der Waals surface area (Å²) in [6.07, 6.45) is 2.57. The normalized spacial score (nSPS) is 18.6. The third-order valence-electron chi connectivity index (χ3n) is 4.68. The molecular weight excluding hydrogens is 330 g/mol. The number of carbonyl (C=O) groups is 2. The average Bonchev–Trinajstić information content (AvgIpc) is 2.64. The lowest BCUT2D eigenvalue weighted by atomic mass is 10.0. The van der Waals surface area contributed by atoms with Gasteiger partial charge in [-0.15, -0.1) is 0 Å². The molecule has 1 aliphatic rings. The molecule has 140 valence electrons. The average molecular weight is 357 g/mol. The third-order valence-corrected chi connectivity index (χ3v) is 4.68. The molecule has 7 heteroatoms. The SMILES string of the molecule is CN(C)C(=O)N(Cc1ccccc1C#N)C(CC=O)N1CCCC(N)C1. The summed E-state index contributed by atoms with van der Waals surface area (Å²) in [5.41, 5.74) is 7.40. The molecule has 2 N–H and O–H groups in total. The van der Waals surface area contributed by atoms with E-state index in [0.717, 1.165) is 31.2 Å². The molecule has 2 atom stereocenters. The molecule has 1 aromatic rings. The van der Waals surface area contributed by atoms with Crippen LogP contribution in [-0.4, -0.2) is 66.4 Å². The zero-order valence-corrected chi connectivity index (χ0v) is 15.5. The first kappa shape index (κ1) is 19.9. The van der Waals surface area contributed by atoms with Gasteiger partial charge in [0, 0.05) is 39.6 Å². The van der Waals surface area contributed by atoms with E-state index in [9.17, 15) is 14.9 Å². The summed E-state index contributed by atoms with van der Waals surface area (Å²) in [5.74, 6) is 0. The monoisotopic (exact) mass is 357 g/mol. The Hall–Kier alpha value is -2.43. The number of benzene rings is 1. The van der Waals surface area contributed by atoms with Crippen LogP contribution in [0.25, 0.3) is 0 Å². The van der Waals surface area contributed by atoms with Gasteiger partial charge in [-0.25, -0.2) is 4.79 Å². The largest absolute Gasteiger partial charge is 0.331 e. The van der Waals surface area contributed by atoms with Gasteiger partial charge in [-0.05, 0) is 24.5 Å². The van der Waals surface area contributed by atoms with Crippen LogP contribution in [0.5, 0.6) is 0 Å². The smallest absolute Gasteiger partial charge is 0.321 e. The number of piperidine rings is 1. The minimum absolute atomic E-state index is 0.0422. The molecule has 26 heavy (non-hydrogen) atoms. The predicted octanol–water partition coefficient (Wildman–Crippen LogP) is 1.38. The number of carbonyl (C=O) groups excluding carboxylic acids is 2. The number of likely N-dealkylation sites (tertiary alicyclic amines) is 1. The molecule has 0 spiro atoms. The second-order valence-electron chi connectivity index (χ2n) is 6.85. The summed E-state index contributed by atoms with van der Waals surface area (Å²) in [7, 11) is 3.37. The number of aldehydes is 1. The Morgan fingerprint density at radius 1 is 1.46 bits per heavy atom. The van der Waals surface area contributed by atoms with Crippen molar-refractivity contribution >= 4 is 12.3 Å². The maximum Gasteiger partial charge on any atom is 0.321 e. The van der Waals surface area contributed by atoms with Crippen LogP contribution in [-0.2, 0) is 11.3 Å². The summed E-state index contributed by atoms with van der Waals surface area (Å²) in [4.78, 5) is 29.5. The van der Waals surface area contributed by atoms with Crippen LogP contribution in [0.4, 0.5) is 4.79 Å². The molecule has 1 heterocycles. The van der Waals surface area contributed by atoms with E-state index in [1.165, 1.54) is 4.90 Å². The first-order valence-corrected chi connectivity index (χ1v) is 8.87. The Bertz CT molecular complexity index is 670. The maximum atomic E-state index is 12.9. The number of hydrogen-bond acceptors (Lipinski definition) is 5. The van der Waals surface area contributed by atoms with Crippen LogP contribution in [0.2, 0.25) is 0 Å². The Kier molecular flexibility index (Phi) is 7.13. The van der Waals surface area contributed by atoms with Crippen molar-refractivity contribution in [2.24, 2.45) is 5.73 Å². The van der Waals surface area contributed by atoms with E-state index < -0.39 is 0 Å². The van der Waals surface area contributed by atoms with Crippen molar-refractivity contribution in [3.8, 4) is 6.07 Å². The highest BCUT2D eigenvalue weighted by molar-refractivity contribution is 5.74. The summed E-state index contributed by atoms with van der Waals surface area (Å²) in [6.45, 7) is 1.71. The fraction of sp³-hybridized carbons (Fsp3) is 0.526. The van der Waals surface area contributed by atoms with Crippen molar-refractivity contribution in [1.29, 1.82) is 5.26 Å². The number of nitriles is 1. The minimum atomic E-state index is -0.375. The molecule has 0 saturated carbocycles. The van der Waals surface area contributed by atoms with Crippen molar-refractivity contribution < 1.29 is 9.59 Å². The van der Waals surface area contributed by atoms with Gasteiger partial charge < -0.3 is 20.3 Å². The third kappa shape index (κ3) is 4.81. The number of urea groups is 1. The first-order valence-electron chi connectivity index (χ1n) is 8.87. The molecule has 0 radical (unpaired) electrons. The number of hydrogen-bond donors (Lipinski definition) is 1. The maximum absolute atomic E-state index is 12.9. The van der Waals surface area contributed by atoms with Crippen molar-refractivity contribution in [1.82, 2.24) is 14.7 Å². The molecule has 2 rings (SSSR count). The molecule has 2 unspecified atom stereocenters. The molecule has 2 amide bonds. The van der Waals surface area contributed by atoms with E-state index in [-0.39, 0.29) is 31.2 Å². The number of nitrogens with two attached hydrogens (primary N) is 1. The molecule has 1 aliphatic heterocycles. The van der Waals surface area contributed by atoms with Crippen molar-refractivity contribution in [2.45, 2.75) is 38.0 Å². The molecule has 0 aromatic heterocycles. The zero-order valence-electron chi connectivity index (χ0n) is 15.5. The van der Waals surface area contributed by atoms with Crippen molar-refractivity contribution in [2.75, 3.05) is 27.2 Å². The standard InChI is InChI=1S/C19H27N5O2/c1-22(2)19(26)24(13-16-7-4-3-6-15(16)12-20)18(9-11-25)23-10-5-8-17(21)14-23/h3-4,6-7,11,17-18H,5,8-10,13-14,21H2,1-2H3. The summed E-state index contributed by atoms with van der Waals surface area (Å²) < 4.78 is 0. The highest BCUT2D eigenvalue weighted by Crippen LogP contribution is 2.21. The Labute approximate surface area is 155 Å². The van der Waals surface area contributed by atoms with Gasteiger partial charge in [0.1, 0.15) is 6.29 Å². The van der Waals surface area contributed by atoms with Gasteiger partial charge in [0.2, 0.25) is 0 Å². The van der Waals surface area contributed by atoms with Crippen molar-refractivity contribution in [3.63, 3.8) is 0 Å². The van der Waals surface area contributed by atoms with E-state index >= 15 is 0 Å². The molecule has 1 saturated heterocycles. The second-order valence-corrected chi connectivity index (χ2v) is 6.85. The Morgan fingerprint density at radius 3 is 2.81 bits per heavy atom. The van der Waals surface area contributed by atoms with E-state index in [1.807, 2.05) is 12.1 Å². The lowest BCUT2D eigenvalue weighted by molar-refractivity contribution is -0.110. The second kappa shape index (κ2) is 9.32. The highest BCUT2D eigenvalue weighted by Gasteiger charge is 2.32. The van der Waals surface area contributed by atoms with E-state index in [2.05, 4.69) is 11.0 Å². The number of rotatable bonds is 6. The van der Waals surface area contributed by atoms with Gasteiger partial charge in [0.25, 0.3) is 0 Å². The summed E-state index contributed by atoms with van der Waals surface area (Å²) >= 11 is 0. The number of nitrogens with zero attached hydrogens (tertiary/aromatic N) is 4. The fourth-order valence-electron chi connectivity index (χ4n) is 3.38. The zero-order chi connectivity index (χ0) is 19.1. The topological polar surface area (TPSA) is 93.7 Å². The van der Waals surface area contributed by atoms with E-state index in [1.54, 1.807) is 31.1 Å². The van der Waals surface area contributed by atoms with Crippen LogP contribution in [0.15, 0.2) is 24.3 Å².